The minimum atomic E-state index is 0.409. The molecule has 0 bridgehead atoms. The maximum Gasteiger partial charge on any atom is 0.0826 e. The quantitative estimate of drug-likeness (QED) is 0.786. The highest BCUT2D eigenvalue weighted by atomic mass is 32.1. The first-order valence-corrected chi connectivity index (χ1v) is 8.35. The van der Waals surface area contributed by atoms with Gasteiger partial charge in [0.1, 0.15) is 0 Å². The fourth-order valence-corrected chi connectivity index (χ4v) is 3.08. The lowest BCUT2D eigenvalue weighted by atomic mass is 10.1. The lowest BCUT2D eigenvalue weighted by molar-refractivity contribution is 0.272. The third-order valence-corrected chi connectivity index (χ3v) is 4.26. The Labute approximate surface area is 131 Å². The average molecular weight is 307 g/mol. The molecule has 0 aromatic carbocycles. The van der Waals surface area contributed by atoms with Crippen LogP contribution >= 0.6 is 11.5 Å². The second-order valence-electron chi connectivity index (χ2n) is 5.96. The number of hydrogen-bond donors (Lipinski definition) is 0. The van der Waals surface area contributed by atoms with Gasteiger partial charge < -0.3 is 0 Å². The van der Waals surface area contributed by atoms with Crippen molar-refractivity contribution >= 4 is 11.5 Å². The van der Waals surface area contributed by atoms with E-state index in [1.807, 2.05) is 10.9 Å². The van der Waals surface area contributed by atoms with Crippen LogP contribution in [0.1, 0.15) is 62.7 Å². The minimum absolute atomic E-state index is 0.409. The van der Waals surface area contributed by atoms with Crippen LogP contribution in [0.2, 0.25) is 0 Å². The summed E-state index contributed by atoms with van der Waals surface area (Å²) in [6.07, 6.45) is 4.11. The standard InChI is InChI=1S/C15H25N5S/c1-6-19(8-13-7-16-20(9-13)12(4)5)10-14-15(11(2)3)17-18-21-14/h7,9,11-12H,6,8,10H2,1-5H3. The van der Waals surface area contributed by atoms with E-state index in [-0.39, 0.29) is 0 Å². The monoisotopic (exact) mass is 307 g/mol. The maximum absolute atomic E-state index is 4.41. The Bertz CT molecular complexity index is 558. The molecule has 0 unspecified atom stereocenters. The zero-order valence-corrected chi connectivity index (χ0v) is 14.4. The molecule has 2 rings (SSSR count). The molecule has 0 saturated heterocycles. The van der Waals surface area contributed by atoms with Crippen LogP contribution in [-0.2, 0) is 13.1 Å². The fraction of sp³-hybridized carbons (Fsp3) is 0.667. The van der Waals surface area contributed by atoms with Gasteiger partial charge in [0, 0.05) is 30.9 Å². The van der Waals surface area contributed by atoms with E-state index in [0.29, 0.717) is 12.0 Å². The first-order chi connectivity index (χ1) is 10.0. The van der Waals surface area contributed by atoms with Gasteiger partial charge in [-0.05, 0) is 37.8 Å². The lowest BCUT2D eigenvalue weighted by Crippen LogP contribution is -2.22. The second-order valence-corrected chi connectivity index (χ2v) is 6.80. The van der Waals surface area contributed by atoms with Gasteiger partial charge in [0.2, 0.25) is 0 Å². The molecule has 0 N–H and O–H groups in total. The van der Waals surface area contributed by atoms with Gasteiger partial charge in [-0.2, -0.15) is 5.10 Å². The summed E-state index contributed by atoms with van der Waals surface area (Å²) in [4.78, 5) is 3.69. The van der Waals surface area contributed by atoms with Gasteiger partial charge in [0.25, 0.3) is 0 Å². The summed E-state index contributed by atoms with van der Waals surface area (Å²) >= 11 is 1.52. The maximum atomic E-state index is 4.41. The van der Waals surface area contributed by atoms with Crippen molar-refractivity contribution in [1.29, 1.82) is 0 Å². The minimum Gasteiger partial charge on any atom is -0.294 e. The Balaban J connectivity index is 2.04. The van der Waals surface area contributed by atoms with Crippen molar-refractivity contribution in [3.05, 3.63) is 28.5 Å². The van der Waals surface area contributed by atoms with Crippen LogP contribution in [0.15, 0.2) is 12.4 Å². The van der Waals surface area contributed by atoms with E-state index in [0.717, 1.165) is 25.3 Å². The van der Waals surface area contributed by atoms with Crippen LogP contribution in [0.25, 0.3) is 0 Å². The zero-order valence-electron chi connectivity index (χ0n) is 13.6. The predicted molar refractivity (Wildman–Crippen MR) is 86.4 cm³/mol. The number of nitrogens with zero attached hydrogens (tertiary/aromatic N) is 5. The van der Waals surface area contributed by atoms with E-state index >= 15 is 0 Å². The highest BCUT2D eigenvalue weighted by Crippen LogP contribution is 2.22. The normalized spacial score (nSPS) is 12.0. The molecule has 6 heteroatoms. The van der Waals surface area contributed by atoms with Crippen molar-refractivity contribution in [2.75, 3.05) is 6.54 Å². The molecule has 0 atom stereocenters. The Hall–Kier alpha value is -1.27. The Morgan fingerprint density at radius 2 is 2.00 bits per heavy atom. The molecule has 0 spiro atoms. The van der Waals surface area contributed by atoms with Gasteiger partial charge in [0.05, 0.1) is 16.8 Å². The van der Waals surface area contributed by atoms with Crippen LogP contribution in [0.5, 0.6) is 0 Å². The molecule has 0 fully saturated rings. The van der Waals surface area contributed by atoms with E-state index in [9.17, 15) is 0 Å². The molecular weight excluding hydrogens is 282 g/mol. The summed E-state index contributed by atoms with van der Waals surface area (Å²) in [6, 6.07) is 0.409. The molecule has 0 aliphatic carbocycles. The Kier molecular flexibility index (Phi) is 5.47. The van der Waals surface area contributed by atoms with Crippen molar-refractivity contribution in [2.45, 2.75) is 59.7 Å². The molecule has 2 aromatic rings. The molecule has 0 aliphatic rings. The molecule has 2 heterocycles. The van der Waals surface area contributed by atoms with Gasteiger partial charge >= 0.3 is 0 Å². The summed E-state index contributed by atoms with van der Waals surface area (Å²) in [6.45, 7) is 13.6. The highest BCUT2D eigenvalue weighted by molar-refractivity contribution is 7.05. The largest absolute Gasteiger partial charge is 0.294 e. The number of aromatic nitrogens is 4. The molecule has 0 saturated carbocycles. The van der Waals surface area contributed by atoms with Crippen molar-refractivity contribution in [3.8, 4) is 0 Å². The van der Waals surface area contributed by atoms with Crippen molar-refractivity contribution in [3.63, 3.8) is 0 Å². The van der Waals surface area contributed by atoms with Crippen LogP contribution in [0, 0.1) is 0 Å². The molecule has 116 valence electrons. The average Bonchev–Trinajstić information content (AvgIpc) is 3.06. The summed E-state index contributed by atoms with van der Waals surface area (Å²) < 4.78 is 6.12. The molecular formula is C15H25N5S. The molecule has 0 aliphatic heterocycles. The van der Waals surface area contributed by atoms with E-state index in [2.05, 4.69) is 60.4 Å². The van der Waals surface area contributed by atoms with Crippen LogP contribution in [-0.4, -0.2) is 30.8 Å². The predicted octanol–water partition coefficient (Wildman–Crippen LogP) is 3.46. The summed E-state index contributed by atoms with van der Waals surface area (Å²) in [5.41, 5.74) is 2.39. The molecule has 5 nitrogen and oxygen atoms in total. The first-order valence-electron chi connectivity index (χ1n) is 7.57. The summed E-state index contributed by atoms with van der Waals surface area (Å²) in [5, 5.41) is 8.68. The topological polar surface area (TPSA) is 46.8 Å². The van der Waals surface area contributed by atoms with Crippen LogP contribution < -0.4 is 0 Å². The number of rotatable bonds is 7. The lowest BCUT2D eigenvalue weighted by Gasteiger charge is -2.19. The summed E-state index contributed by atoms with van der Waals surface area (Å²) in [5.74, 6) is 0.432. The van der Waals surface area contributed by atoms with Crippen molar-refractivity contribution in [1.82, 2.24) is 24.3 Å². The smallest absolute Gasteiger partial charge is 0.0826 e. The number of hydrogen-bond acceptors (Lipinski definition) is 5. The van der Waals surface area contributed by atoms with E-state index in [1.54, 1.807) is 0 Å². The Morgan fingerprint density at radius 3 is 2.57 bits per heavy atom. The van der Waals surface area contributed by atoms with Gasteiger partial charge in [-0.15, -0.1) is 5.10 Å². The van der Waals surface area contributed by atoms with Crippen LogP contribution in [0.3, 0.4) is 0 Å². The summed E-state index contributed by atoms with van der Waals surface area (Å²) in [7, 11) is 0. The zero-order chi connectivity index (χ0) is 15.4. The molecule has 2 aromatic heterocycles. The molecule has 21 heavy (non-hydrogen) atoms. The van der Waals surface area contributed by atoms with Gasteiger partial charge in [-0.3, -0.25) is 9.58 Å². The SMILES string of the molecule is CCN(Cc1cnn(C(C)C)c1)Cc1snnc1C(C)C. The first kappa shape index (κ1) is 16.1. The molecule has 0 amide bonds. The van der Waals surface area contributed by atoms with E-state index in [4.69, 9.17) is 0 Å². The van der Waals surface area contributed by atoms with E-state index < -0.39 is 0 Å². The van der Waals surface area contributed by atoms with Gasteiger partial charge in [-0.25, -0.2) is 0 Å². The second kappa shape index (κ2) is 7.13. The Morgan fingerprint density at radius 1 is 1.24 bits per heavy atom. The van der Waals surface area contributed by atoms with Crippen molar-refractivity contribution in [2.24, 2.45) is 0 Å². The van der Waals surface area contributed by atoms with Crippen LogP contribution in [0.4, 0.5) is 0 Å². The van der Waals surface area contributed by atoms with Gasteiger partial charge in [-0.1, -0.05) is 25.3 Å². The fourth-order valence-electron chi connectivity index (χ4n) is 2.25. The third kappa shape index (κ3) is 4.11. The third-order valence-electron chi connectivity index (χ3n) is 3.54. The molecule has 0 radical (unpaired) electrons. The van der Waals surface area contributed by atoms with Crippen molar-refractivity contribution < 1.29 is 0 Å². The van der Waals surface area contributed by atoms with E-state index in [1.165, 1.54) is 22.0 Å². The highest BCUT2D eigenvalue weighted by Gasteiger charge is 2.15. The van der Waals surface area contributed by atoms with Gasteiger partial charge in [0.15, 0.2) is 0 Å².